The molecule has 2 heterocycles. The van der Waals surface area contributed by atoms with E-state index in [1.807, 2.05) is 48.5 Å². The average molecular weight is 317 g/mol. The van der Waals surface area contributed by atoms with Crippen LogP contribution in [0.4, 0.5) is 0 Å². The van der Waals surface area contributed by atoms with Crippen LogP contribution in [-0.2, 0) is 0 Å². The van der Waals surface area contributed by atoms with Gasteiger partial charge in [-0.05, 0) is 0 Å². The Morgan fingerprint density at radius 1 is 0.684 bits per heavy atom. The maximum atomic E-state index is 12.1. The first-order valence-electron chi connectivity index (χ1n) is 5.88. The molecule has 0 saturated heterocycles. The van der Waals surface area contributed by atoms with Crippen molar-refractivity contribution in [2.45, 2.75) is 0 Å². The molecule has 0 aliphatic carbocycles. The summed E-state index contributed by atoms with van der Waals surface area (Å²) in [5, 5.41) is 0. The summed E-state index contributed by atoms with van der Waals surface area (Å²) in [6, 6.07) is 15.0. The molecular weight excluding hydrogens is 307 g/mol. The zero-order valence-electron chi connectivity index (χ0n) is 9.84. The summed E-state index contributed by atoms with van der Waals surface area (Å²) in [7, 11) is 0. The number of benzene rings is 2. The number of carbonyl (C=O) groups excluding carboxylic acids is 2. The monoisotopic (exact) mass is 318 g/mol. The van der Waals surface area contributed by atoms with E-state index < -0.39 is 13.3 Å². The number of carbonyl (C=O) groups is 2. The minimum absolute atomic E-state index is 0.0902. The second-order valence-electron chi connectivity index (χ2n) is 4.47. The Morgan fingerprint density at radius 3 is 1.58 bits per heavy atom. The van der Waals surface area contributed by atoms with Crippen molar-refractivity contribution in [1.82, 2.24) is 8.67 Å². The molecule has 2 aromatic rings. The Balaban J connectivity index is 2.05. The summed E-state index contributed by atoms with van der Waals surface area (Å²) < 4.78 is 8.05. The summed E-state index contributed by atoms with van der Waals surface area (Å²) in [5.74, 6) is -0.180. The van der Waals surface area contributed by atoms with Gasteiger partial charge in [-0.2, -0.15) is 0 Å². The van der Waals surface area contributed by atoms with E-state index in [9.17, 15) is 9.59 Å². The summed E-state index contributed by atoms with van der Waals surface area (Å²) in [4.78, 5) is 24.2. The molecule has 19 heavy (non-hydrogen) atoms. The molecule has 4 rings (SSSR count). The molecule has 0 aromatic heterocycles. The van der Waals surface area contributed by atoms with Crippen LogP contribution in [0.3, 0.4) is 0 Å². The van der Waals surface area contributed by atoms with Crippen LogP contribution in [-0.4, -0.2) is 25.1 Å². The van der Waals surface area contributed by atoms with E-state index in [4.69, 9.17) is 0 Å². The third-order valence-electron chi connectivity index (χ3n) is 3.41. The van der Waals surface area contributed by atoms with E-state index in [0.717, 1.165) is 8.92 Å². The molecule has 0 unspecified atom stereocenters. The van der Waals surface area contributed by atoms with Gasteiger partial charge in [-0.1, -0.05) is 0 Å². The van der Waals surface area contributed by atoms with Crippen molar-refractivity contribution in [2.75, 3.05) is 0 Å². The average Bonchev–Trinajstić information content (AvgIpc) is 2.88. The number of hydrogen-bond acceptors (Lipinski definition) is 2. The van der Waals surface area contributed by atoms with Crippen molar-refractivity contribution in [1.29, 1.82) is 0 Å². The van der Waals surface area contributed by atoms with Crippen LogP contribution >= 0.6 is 0 Å². The molecule has 0 radical (unpaired) electrons. The van der Waals surface area contributed by atoms with Gasteiger partial charge in [0.05, 0.1) is 0 Å². The first-order valence-corrected chi connectivity index (χ1v) is 9.31. The molecule has 5 heteroatoms. The Kier molecular flexibility index (Phi) is 1.97. The molecule has 1 spiro atoms. The van der Waals surface area contributed by atoms with Crippen molar-refractivity contribution < 1.29 is 9.59 Å². The van der Waals surface area contributed by atoms with Crippen LogP contribution in [0.15, 0.2) is 48.5 Å². The molecule has 0 saturated carbocycles. The van der Waals surface area contributed by atoms with E-state index >= 15 is 0 Å². The number of fused-ring (bicyclic) bond motifs is 4. The van der Waals surface area contributed by atoms with Gasteiger partial charge in [-0.15, -0.1) is 0 Å². The molecule has 0 fully saturated rings. The van der Waals surface area contributed by atoms with Gasteiger partial charge in [0.15, 0.2) is 0 Å². The summed E-state index contributed by atoms with van der Waals surface area (Å²) >= 11 is -2.85. The Morgan fingerprint density at radius 2 is 1.11 bits per heavy atom. The number of rotatable bonds is 0. The van der Waals surface area contributed by atoms with E-state index in [2.05, 4.69) is 8.67 Å². The summed E-state index contributed by atoms with van der Waals surface area (Å²) in [6.07, 6.45) is 0. The molecule has 2 aromatic carbocycles. The third kappa shape index (κ3) is 1.23. The molecular formula is C14H10N2O2Se. The van der Waals surface area contributed by atoms with Gasteiger partial charge in [0.2, 0.25) is 0 Å². The van der Waals surface area contributed by atoms with Gasteiger partial charge in [-0.25, -0.2) is 0 Å². The minimum atomic E-state index is -2.85. The molecule has 0 atom stereocenters. The molecule has 2 N–H and O–H groups in total. The van der Waals surface area contributed by atoms with Gasteiger partial charge in [0.1, 0.15) is 0 Å². The zero-order chi connectivity index (χ0) is 13.0. The second-order valence-corrected chi connectivity index (χ2v) is 9.74. The predicted octanol–water partition coefficient (Wildman–Crippen LogP) is -0.270. The van der Waals surface area contributed by atoms with Gasteiger partial charge >= 0.3 is 112 Å². The van der Waals surface area contributed by atoms with Crippen LogP contribution in [0.5, 0.6) is 0 Å². The Hall–Kier alpha value is -2.10. The normalized spacial score (nSPS) is 19.6. The van der Waals surface area contributed by atoms with E-state index in [1.165, 1.54) is 0 Å². The van der Waals surface area contributed by atoms with Crippen molar-refractivity contribution in [2.24, 2.45) is 0 Å². The maximum absolute atomic E-state index is 12.1. The van der Waals surface area contributed by atoms with Crippen molar-refractivity contribution in [3.05, 3.63) is 59.7 Å². The van der Waals surface area contributed by atoms with Crippen LogP contribution in [0, 0.1) is 0 Å². The molecule has 94 valence electrons. The Labute approximate surface area is 112 Å². The third-order valence-corrected chi connectivity index (χ3v) is 9.74. The van der Waals surface area contributed by atoms with E-state index in [1.54, 1.807) is 0 Å². The van der Waals surface area contributed by atoms with Gasteiger partial charge < -0.3 is 0 Å². The van der Waals surface area contributed by atoms with Gasteiger partial charge in [0.25, 0.3) is 0 Å². The fourth-order valence-electron chi connectivity index (χ4n) is 2.59. The van der Waals surface area contributed by atoms with Crippen LogP contribution in [0.1, 0.15) is 20.7 Å². The Bertz CT molecular complexity index is 678. The van der Waals surface area contributed by atoms with Gasteiger partial charge in [-0.3, -0.25) is 0 Å². The van der Waals surface area contributed by atoms with E-state index in [-0.39, 0.29) is 11.8 Å². The standard InChI is InChI=1S/C14H10N2O2Se/c17-13-9-5-1-3-7-11(9)19(15-13)12-8-4-2-6-10(12)14(18)16-19/h1-8H,(H,15,17)(H,16,18). The zero-order valence-corrected chi connectivity index (χ0v) is 11.6. The molecule has 2 aliphatic heterocycles. The number of nitrogens with one attached hydrogen (secondary N) is 2. The fraction of sp³-hybridized carbons (Fsp3) is 0. The molecule has 4 nitrogen and oxygen atoms in total. The van der Waals surface area contributed by atoms with Crippen molar-refractivity contribution >= 4 is 34.0 Å². The molecule has 0 bridgehead atoms. The van der Waals surface area contributed by atoms with Crippen LogP contribution in [0.2, 0.25) is 0 Å². The van der Waals surface area contributed by atoms with Crippen LogP contribution in [0.25, 0.3) is 0 Å². The number of hydrogen-bond donors (Lipinski definition) is 2. The van der Waals surface area contributed by atoms with Gasteiger partial charge in [0, 0.05) is 0 Å². The number of amides is 2. The first-order chi connectivity index (χ1) is 9.22. The predicted molar refractivity (Wildman–Crippen MR) is 72.8 cm³/mol. The fourth-order valence-corrected chi connectivity index (χ4v) is 8.99. The van der Waals surface area contributed by atoms with Crippen molar-refractivity contribution in [3.63, 3.8) is 0 Å². The first kappa shape index (κ1) is 10.8. The summed E-state index contributed by atoms with van der Waals surface area (Å²) in [5.41, 5.74) is 1.36. The van der Waals surface area contributed by atoms with Crippen molar-refractivity contribution in [3.8, 4) is 0 Å². The van der Waals surface area contributed by atoms with Crippen LogP contribution < -0.4 is 17.6 Å². The quantitative estimate of drug-likeness (QED) is 0.657. The summed E-state index contributed by atoms with van der Waals surface area (Å²) in [6.45, 7) is 0. The topological polar surface area (TPSA) is 58.2 Å². The molecule has 2 aliphatic rings. The molecule has 2 amide bonds. The van der Waals surface area contributed by atoms with E-state index in [0.29, 0.717) is 11.1 Å². The SMILES string of the molecule is O=C1N[Se]2(NC(=O)c3ccccc32)c2ccccc21. The second kappa shape index (κ2) is 3.47.